The zero-order valence-corrected chi connectivity index (χ0v) is 18.0. The van der Waals surface area contributed by atoms with Crippen molar-refractivity contribution in [2.45, 2.75) is 33.2 Å². The summed E-state index contributed by atoms with van der Waals surface area (Å²) in [5, 5.41) is 9.47. The Labute approximate surface area is 181 Å². The van der Waals surface area contributed by atoms with Crippen molar-refractivity contribution in [3.8, 4) is 5.69 Å². The number of nitrogens with zero attached hydrogens (tertiary/aromatic N) is 2. The van der Waals surface area contributed by atoms with E-state index in [1.807, 2.05) is 24.3 Å². The molecule has 0 bridgehead atoms. The van der Waals surface area contributed by atoms with E-state index in [-0.39, 0.29) is 31.1 Å². The third kappa shape index (κ3) is 5.09. The molecule has 1 N–H and O–H groups in total. The molecule has 0 atom stereocenters. The summed E-state index contributed by atoms with van der Waals surface area (Å²) >= 11 is 0. The molecule has 162 valence electrons. The lowest BCUT2D eigenvalue weighted by atomic mass is 10.0. The van der Waals surface area contributed by atoms with Crippen LogP contribution in [0.4, 0.5) is 4.39 Å². The molecule has 3 aromatic rings. The zero-order chi connectivity index (χ0) is 22.5. The minimum absolute atomic E-state index is 0.0623. The molecule has 2 aromatic carbocycles. The number of aliphatic hydroxyl groups is 1. The Kier molecular flexibility index (Phi) is 7.02. The molecule has 1 aromatic heterocycles. The number of aromatic nitrogens is 1. The maximum atomic E-state index is 13.3. The van der Waals surface area contributed by atoms with Gasteiger partial charge in [0, 0.05) is 25.0 Å². The second-order valence-electron chi connectivity index (χ2n) is 7.88. The number of benzene rings is 2. The van der Waals surface area contributed by atoms with Crippen LogP contribution in [0.15, 0.2) is 65.6 Å². The van der Waals surface area contributed by atoms with Crippen molar-refractivity contribution in [3.63, 3.8) is 0 Å². The number of carbonyl (C=O) groups is 1. The number of hydrogen-bond acceptors (Lipinski definition) is 3. The number of carbonyl (C=O) groups excluding carboxylic acids is 1. The molecule has 0 fully saturated rings. The molecule has 0 saturated carbocycles. The van der Waals surface area contributed by atoms with Crippen LogP contribution in [0.3, 0.4) is 0 Å². The van der Waals surface area contributed by atoms with Crippen LogP contribution in [0, 0.1) is 12.7 Å². The second-order valence-corrected chi connectivity index (χ2v) is 7.88. The highest BCUT2D eigenvalue weighted by atomic mass is 19.1. The molecular weight excluding hydrogens is 395 g/mol. The van der Waals surface area contributed by atoms with Gasteiger partial charge in [-0.25, -0.2) is 4.39 Å². The lowest BCUT2D eigenvalue weighted by Gasteiger charge is -2.23. The Bertz CT molecular complexity index is 1120. The van der Waals surface area contributed by atoms with Crippen LogP contribution in [-0.2, 0) is 6.54 Å². The third-order valence-corrected chi connectivity index (χ3v) is 5.27. The van der Waals surface area contributed by atoms with Gasteiger partial charge < -0.3 is 10.0 Å². The number of aliphatic hydroxyl groups excluding tert-OH is 1. The first-order valence-electron chi connectivity index (χ1n) is 10.3. The van der Waals surface area contributed by atoms with Gasteiger partial charge in [0.1, 0.15) is 11.4 Å². The molecule has 1 heterocycles. The van der Waals surface area contributed by atoms with Gasteiger partial charge in [-0.05, 0) is 59.9 Å². The van der Waals surface area contributed by atoms with Crippen molar-refractivity contribution < 1.29 is 14.3 Å². The van der Waals surface area contributed by atoms with Gasteiger partial charge in [0.25, 0.3) is 11.5 Å². The second kappa shape index (κ2) is 9.71. The molecular formula is C25H27FN2O3. The fourth-order valence-corrected chi connectivity index (χ4v) is 3.47. The number of halogens is 1. The molecule has 0 unspecified atom stereocenters. The van der Waals surface area contributed by atoms with Crippen molar-refractivity contribution >= 4 is 5.91 Å². The SMILES string of the molecule is Cc1ccn(-c2cccc(C(C)C)c2)c(=O)c1C(=O)N(CCO)Cc1ccc(F)cc1. The predicted octanol–water partition coefficient (Wildman–Crippen LogP) is 4.04. The number of rotatable bonds is 7. The van der Waals surface area contributed by atoms with Gasteiger partial charge in [-0.2, -0.15) is 0 Å². The average molecular weight is 423 g/mol. The molecule has 5 nitrogen and oxygen atoms in total. The molecule has 0 aliphatic heterocycles. The normalized spacial score (nSPS) is 11.0. The summed E-state index contributed by atoms with van der Waals surface area (Å²) in [6, 6.07) is 15.2. The predicted molar refractivity (Wildman–Crippen MR) is 119 cm³/mol. The Hall–Kier alpha value is -3.25. The summed E-state index contributed by atoms with van der Waals surface area (Å²) in [7, 11) is 0. The van der Waals surface area contributed by atoms with E-state index in [0.717, 1.165) is 5.56 Å². The molecule has 1 amide bonds. The van der Waals surface area contributed by atoms with Crippen molar-refractivity contribution in [3.05, 3.63) is 99.2 Å². The first kappa shape index (κ1) is 22.4. The first-order valence-corrected chi connectivity index (χ1v) is 10.3. The molecule has 0 aliphatic carbocycles. The average Bonchev–Trinajstić information content (AvgIpc) is 2.75. The van der Waals surface area contributed by atoms with Crippen LogP contribution in [0.25, 0.3) is 5.69 Å². The van der Waals surface area contributed by atoms with Gasteiger partial charge in [-0.15, -0.1) is 0 Å². The van der Waals surface area contributed by atoms with E-state index in [9.17, 15) is 19.1 Å². The maximum Gasteiger partial charge on any atom is 0.268 e. The number of aryl methyl sites for hydroxylation is 1. The van der Waals surface area contributed by atoms with Crippen LogP contribution >= 0.6 is 0 Å². The van der Waals surface area contributed by atoms with Crippen LogP contribution in [-0.4, -0.2) is 33.6 Å². The lowest BCUT2D eigenvalue weighted by Crippen LogP contribution is -2.38. The lowest BCUT2D eigenvalue weighted by molar-refractivity contribution is 0.0705. The van der Waals surface area contributed by atoms with Gasteiger partial charge >= 0.3 is 0 Å². The first-order chi connectivity index (χ1) is 14.8. The number of pyridine rings is 1. The van der Waals surface area contributed by atoms with Crippen molar-refractivity contribution in [2.75, 3.05) is 13.2 Å². The quantitative estimate of drug-likeness (QED) is 0.625. The van der Waals surface area contributed by atoms with E-state index in [1.165, 1.54) is 21.6 Å². The Morgan fingerprint density at radius 1 is 1.13 bits per heavy atom. The van der Waals surface area contributed by atoms with Crippen LogP contribution in [0.2, 0.25) is 0 Å². The van der Waals surface area contributed by atoms with Gasteiger partial charge in [0.15, 0.2) is 0 Å². The van der Waals surface area contributed by atoms with E-state index in [0.29, 0.717) is 22.7 Å². The minimum atomic E-state index is -0.463. The Morgan fingerprint density at radius 3 is 2.48 bits per heavy atom. The molecule has 3 rings (SSSR count). The van der Waals surface area contributed by atoms with Crippen molar-refractivity contribution in [1.29, 1.82) is 0 Å². The molecule has 0 radical (unpaired) electrons. The summed E-state index contributed by atoms with van der Waals surface area (Å²) in [5.74, 6) is -0.526. The summed E-state index contributed by atoms with van der Waals surface area (Å²) < 4.78 is 14.7. The van der Waals surface area contributed by atoms with Crippen LogP contribution in [0.5, 0.6) is 0 Å². The van der Waals surface area contributed by atoms with E-state index in [1.54, 1.807) is 31.3 Å². The van der Waals surface area contributed by atoms with Gasteiger partial charge in [-0.1, -0.05) is 38.1 Å². The van der Waals surface area contributed by atoms with Gasteiger partial charge in [-0.3, -0.25) is 14.2 Å². The fourth-order valence-electron chi connectivity index (χ4n) is 3.47. The molecule has 0 aliphatic rings. The highest BCUT2D eigenvalue weighted by Crippen LogP contribution is 2.18. The van der Waals surface area contributed by atoms with Crippen LogP contribution in [0.1, 0.15) is 46.8 Å². The van der Waals surface area contributed by atoms with Crippen molar-refractivity contribution in [2.24, 2.45) is 0 Å². The summed E-state index contributed by atoms with van der Waals surface area (Å²) in [4.78, 5) is 28.1. The molecule has 0 spiro atoms. The fraction of sp³-hybridized carbons (Fsp3) is 0.280. The molecule has 6 heteroatoms. The maximum absolute atomic E-state index is 13.3. The number of amides is 1. The minimum Gasteiger partial charge on any atom is -0.395 e. The van der Waals surface area contributed by atoms with E-state index >= 15 is 0 Å². The Balaban J connectivity index is 2.01. The monoisotopic (exact) mass is 422 g/mol. The van der Waals surface area contributed by atoms with E-state index in [2.05, 4.69) is 13.8 Å². The molecule has 31 heavy (non-hydrogen) atoms. The highest BCUT2D eigenvalue weighted by molar-refractivity contribution is 5.95. The molecule has 0 saturated heterocycles. The summed E-state index contributed by atoms with van der Waals surface area (Å²) in [6.45, 7) is 5.85. The summed E-state index contributed by atoms with van der Waals surface area (Å²) in [6.07, 6.45) is 1.67. The summed E-state index contributed by atoms with van der Waals surface area (Å²) in [5.41, 5.74) is 2.71. The largest absolute Gasteiger partial charge is 0.395 e. The van der Waals surface area contributed by atoms with Crippen molar-refractivity contribution in [1.82, 2.24) is 9.47 Å². The van der Waals surface area contributed by atoms with Crippen LogP contribution < -0.4 is 5.56 Å². The van der Waals surface area contributed by atoms with Gasteiger partial charge in [0.2, 0.25) is 0 Å². The van der Waals surface area contributed by atoms with E-state index in [4.69, 9.17) is 0 Å². The number of hydrogen-bond donors (Lipinski definition) is 1. The highest BCUT2D eigenvalue weighted by Gasteiger charge is 2.22. The Morgan fingerprint density at radius 2 is 1.84 bits per heavy atom. The standard InChI is InChI=1S/C25H27FN2O3/c1-17(2)20-5-4-6-22(15-20)28-12-11-18(3)23(25(28)31)24(30)27(13-14-29)16-19-7-9-21(26)10-8-19/h4-12,15,17,29H,13-14,16H2,1-3H3. The smallest absolute Gasteiger partial charge is 0.268 e. The van der Waals surface area contributed by atoms with E-state index < -0.39 is 11.5 Å². The zero-order valence-electron chi connectivity index (χ0n) is 18.0. The third-order valence-electron chi connectivity index (χ3n) is 5.27. The van der Waals surface area contributed by atoms with Gasteiger partial charge in [0.05, 0.1) is 6.61 Å². The topological polar surface area (TPSA) is 62.5 Å².